The van der Waals surface area contributed by atoms with Gasteiger partial charge in [-0.1, -0.05) is 30.3 Å². The number of carbonyl (C=O) groups is 2. The van der Waals surface area contributed by atoms with Gasteiger partial charge in [-0.15, -0.1) is 11.3 Å². The summed E-state index contributed by atoms with van der Waals surface area (Å²) in [5.41, 5.74) is 1.20. The molecule has 2 amide bonds. The molecule has 0 bridgehead atoms. The Morgan fingerprint density at radius 1 is 1.06 bits per heavy atom. The van der Waals surface area contributed by atoms with E-state index in [1.807, 2.05) is 30.3 Å². The molecule has 0 unspecified atom stereocenters. The predicted octanol–water partition coefficient (Wildman–Crippen LogP) is 0.794. The summed E-state index contributed by atoms with van der Waals surface area (Å²) < 4.78 is 0. The molecule has 3 rings (SSSR count). The van der Waals surface area contributed by atoms with Gasteiger partial charge in [0, 0.05) is 30.4 Å². The van der Waals surface area contributed by atoms with Crippen molar-refractivity contribution in [3.63, 3.8) is 0 Å². The van der Waals surface area contributed by atoms with Crippen molar-refractivity contribution < 1.29 is 19.6 Å². The Hall–Kier alpha value is -3.15. The molecule has 2 heterocycles. The first-order valence-electron chi connectivity index (χ1n) is 10.2. The topological polar surface area (TPSA) is 137 Å². The average Bonchev–Trinajstić information content (AvgIpc) is 3.32. The van der Waals surface area contributed by atoms with Crippen LogP contribution in [-0.4, -0.2) is 55.9 Å². The molecule has 11 heteroatoms. The second-order valence-electron chi connectivity index (χ2n) is 7.15. The average molecular weight is 453 g/mol. The Labute approximate surface area is 190 Å². The number of hydrogen-bond acceptors (Lipinski definition) is 8. The maximum Gasteiger partial charge on any atom is 0.475 e. The van der Waals surface area contributed by atoms with Crippen LogP contribution in [0.3, 0.4) is 0 Å². The maximum atomic E-state index is 13.0. The number of nitrogens with zero attached hydrogens (tertiary/aromatic N) is 3. The van der Waals surface area contributed by atoms with Crippen LogP contribution < -0.4 is 10.6 Å². The molecule has 3 aromatic rings. The third-order valence-electron chi connectivity index (χ3n) is 4.79. The highest BCUT2D eigenvalue weighted by atomic mass is 32.1. The van der Waals surface area contributed by atoms with E-state index >= 15 is 0 Å². The van der Waals surface area contributed by atoms with Crippen LogP contribution in [0.2, 0.25) is 0 Å². The lowest BCUT2D eigenvalue weighted by Gasteiger charge is -2.22. The first-order valence-corrected chi connectivity index (χ1v) is 11.1. The summed E-state index contributed by atoms with van der Waals surface area (Å²) in [5.74, 6) is -1.96. The molecule has 32 heavy (non-hydrogen) atoms. The molecule has 0 aliphatic carbocycles. The van der Waals surface area contributed by atoms with Crippen LogP contribution in [0.25, 0.3) is 0 Å². The molecule has 166 valence electrons. The number of hydrogen-bond donors (Lipinski definition) is 4. The van der Waals surface area contributed by atoms with Gasteiger partial charge < -0.3 is 20.7 Å². The molecule has 2 aromatic heterocycles. The minimum atomic E-state index is -1.73. The monoisotopic (exact) mass is 453 g/mol. The van der Waals surface area contributed by atoms with E-state index in [9.17, 15) is 19.6 Å². The number of carbonyl (C=O) groups excluding carboxylic acids is 2. The van der Waals surface area contributed by atoms with Crippen molar-refractivity contribution in [2.45, 2.75) is 37.7 Å². The fourth-order valence-corrected chi connectivity index (χ4v) is 3.80. The van der Waals surface area contributed by atoms with Crippen LogP contribution >= 0.6 is 11.3 Å². The van der Waals surface area contributed by atoms with Crippen molar-refractivity contribution in [1.29, 1.82) is 0 Å². The molecule has 9 nitrogen and oxygen atoms in total. The molecule has 0 aliphatic heterocycles. The highest BCUT2D eigenvalue weighted by Crippen LogP contribution is 2.11. The van der Waals surface area contributed by atoms with Crippen LogP contribution in [0.1, 0.15) is 33.9 Å². The molecule has 0 spiro atoms. The van der Waals surface area contributed by atoms with E-state index < -0.39 is 30.9 Å². The molecule has 0 aliphatic rings. The smallest absolute Gasteiger partial charge is 0.426 e. The van der Waals surface area contributed by atoms with Gasteiger partial charge in [-0.3, -0.25) is 14.6 Å². The summed E-state index contributed by atoms with van der Waals surface area (Å²) in [5, 5.41) is 27.3. The molecule has 0 radical (unpaired) electrons. The normalized spacial score (nSPS) is 12.6. The van der Waals surface area contributed by atoms with Gasteiger partial charge in [0.05, 0.1) is 17.1 Å². The molecular weight excluding hydrogens is 429 g/mol. The second-order valence-corrected chi connectivity index (χ2v) is 8.13. The number of rotatable bonds is 11. The van der Waals surface area contributed by atoms with E-state index in [1.54, 1.807) is 11.6 Å². The lowest BCUT2D eigenvalue weighted by Crippen LogP contribution is -2.54. The van der Waals surface area contributed by atoms with Crippen molar-refractivity contribution in [3.05, 3.63) is 76.8 Å². The Morgan fingerprint density at radius 2 is 1.88 bits per heavy atom. The van der Waals surface area contributed by atoms with Crippen molar-refractivity contribution in [2.24, 2.45) is 0 Å². The molecular formula is C21H24BN5O4S. The van der Waals surface area contributed by atoms with Crippen LogP contribution in [0.4, 0.5) is 0 Å². The van der Waals surface area contributed by atoms with Crippen molar-refractivity contribution in [1.82, 2.24) is 25.6 Å². The standard InChI is InChI=1S/C21H24BN5O4S/c28-20(27-18(22(30)31)8-4-7-15-5-2-1-3-6-15)16(13-19-25-11-12-32-19)26-21(29)17-14-23-9-10-24-17/h1-3,5-6,9-12,14,16,18,30-31H,4,7-8,13H2,(H,26,29)(H,27,28)/t16-,18-/m0/s1. The minimum absolute atomic E-state index is 0.0750. The quantitative estimate of drug-likeness (QED) is 0.315. The van der Waals surface area contributed by atoms with Gasteiger partial charge >= 0.3 is 7.12 Å². The molecule has 0 fully saturated rings. The van der Waals surface area contributed by atoms with E-state index in [0.717, 1.165) is 12.0 Å². The van der Waals surface area contributed by atoms with Crippen LogP contribution in [0.15, 0.2) is 60.5 Å². The van der Waals surface area contributed by atoms with Gasteiger partial charge in [0.15, 0.2) is 0 Å². The van der Waals surface area contributed by atoms with E-state index in [1.165, 1.54) is 29.9 Å². The number of aryl methyl sites for hydroxylation is 1. The lowest BCUT2D eigenvalue weighted by molar-refractivity contribution is -0.123. The Balaban J connectivity index is 1.64. The Morgan fingerprint density at radius 3 is 2.53 bits per heavy atom. The highest BCUT2D eigenvalue weighted by molar-refractivity contribution is 7.09. The van der Waals surface area contributed by atoms with Gasteiger partial charge in [0.2, 0.25) is 5.91 Å². The largest absolute Gasteiger partial charge is 0.475 e. The molecule has 0 saturated carbocycles. The summed E-state index contributed by atoms with van der Waals surface area (Å²) in [4.78, 5) is 37.5. The van der Waals surface area contributed by atoms with E-state index in [0.29, 0.717) is 17.8 Å². The van der Waals surface area contributed by atoms with Crippen LogP contribution in [0.5, 0.6) is 0 Å². The lowest BCUT2D eigenvalue weighted by atomic mass is 9.76. The SMILES string of the molecule is O=C(N[C@@H](Cc1nccs1)C(=O)N[C@@H](CCCc1ccccc1)B(O)O)c1cnccn1. The fourth-order valence-electron chi connectivity index (χ4n) is 3.14. The van der Waals surface area contributed by atoms with Gasteiger partial charge in [-0.25, -0.2) is 9.97 Å². The van der Waals surface area contributed by atoms with E-state index in [-0.39, 0.29) is 12.1 Å². The zero-order valence-electron chi connectivity index (χ0n) is 17.3. The maximum absolute atomic E-state index is 13.0. The predicted molar refractivity (Wildman–Crippen MR) is 121 cm³/mol. The van der Waals surface area contributed by atoms with Crippen molar-refractivity contribution >= 4 is 30.3 Å². The zero-order valence-corrected chi connectivity index (χ0v) is 18.1. The number of aromatic nitrogens is 3. The Bertz CT molecular complexity index is 976. The Kier molecular flexibility index (Phi) is 8.84. The van der Waals surface area contributed by atoms with Crippen LogP contribution in [-0.2, 0) is 17.6 Å². The van der Waals surface area contributed by atoms with Gasteiger partial charge in [0.25, 0.3) is 5.91 Å². The van der Waals surface area contributed by atoms with Crippen LogP contribution in [0, 0.1) is 0 Å². The highest BCUT2D eigenvalue weighted by Gasteiger charge is 2.30. The summed E-state index contributed by atoms with van der Waals surface area (Å²) in [7, 11) is -1.73. The molecule has 1 aromatic carbocycles. The van der Waals surface area contributed by atoms with Crippen molar-refractivity contribution in [3.8, 4) is 0 Å². The summed E-state index contributed by atoms with van der Waals surface area (Å²) in [6.07, 6.45) is 7.66. The first-order chi connectivity index (χ1) is 15.5. The third-order valence-corrected chi connectivity index (χ3v) is 5.59. The second kappa shape index (κ2) is 12.0. The summed E-state index contributed by atoms with van der Waals surface area (Å²) >= 11 is 1.36. The summed E-state index contributed by atoms with van der Waals surface area (Å²) in [6, 6.07) is 8.84. The molecule has 4 N–H and O–H groups in total. The zero-order chi connectivity index (χ0) is 22.8. The third kappa shape index (κ3) is 7.22. The van der Waals surface area contributed by atoms with E-state index in [4.69, 9.17) is 0 Å². The molecule has 2 atom stereocenters. The van der Waals surface area contributed by atoms with Crippen molar-refractivity contribution in [2.75, 3.05) is 0 Å². The number of nitrogens with one attached hydrogen (secondary N) is 2. The number of benzene rings is 1. The van der Waals surface area contributed by atoms with Gasteiger partial charge in [-0.2, -0.15) is 0 Å². The van der Waals surface area contributed by atoms with E-state index in [2.05, 4.69) is 25.6 Å². The van der Waals surface area contributed by atoms with Gasteiger partial charge in [0.1, 0.15) is 11.7 Å². The number of thiazole rings is 1. The first kappa shape index (κ1) is 23.5. The summed E-state index contributed by atoms with van der Waals surface area (Å²) in [6.45, 7) is 0. The fraction of sp³-hybridized carbons (Fsp3) is 0.286. The molecule has 0 saturated heterocycles. The number of amides is 2. The van der Waals surface area contributed by atoms with Gasteiger partial charge in [-0.05, 0) is 24.8 Å². The minimum Gasteiger partial charge on any atom is -0.426 e.